The Labute approximate surface area is 92.4 Å². The van der Waals surface area contributed by atoms with Crippen molar-refractivity contribution in [2.75, 3.05) is 20.6 Å². The molecule has 1 fully saturated rings. The van der Waals surface area contributed by atoms with E-state index in [0.717, 1.165) is 6.42 Å². The van der Waals surface area contributed by atoms with Crippen LogP contribution in [0.2, 0.25) is 0 Å². The minimum Gasteiger partial charge on any atom is -0.347 e. The fraction of sp³-hybridized carbons (Fsp3) is 0.778. The maximum atomic E-state index is 11.6. The summed E-state index contributed by atoms with van der Waals surface area (Å²) in [5.41, 5.74) is 0. The molecule has 0 radical (unpaired) electrons. The molecule has 1 aliphatic heterocycles. The van der Waals surface area contributed by atoms with E-state index in [-0.39, 0.29) is 22.7 Å². The molecule has 0 saturated carbocycles. The molecule has 5 heteroatoms. The van der Waals surface area contributed by atoms with E-state index < -0.39 is 0 Å². The van der Waals surface area contributed by atoms with Crippen molar-refractivity contribution in [3.05, 3.63) is 0 Å². The Morgan fingerprint density at radius 3 is 2.57 bits per heavy atom. The SMILES string of the molecule is CC(C(=O)N(C)C)N1CCC(Br)C1=O. The Morgan fingerprint density at radius 1 is 1.64 bits per heavy atom. The zero-order valence-corrected chi connectivity index (χ0v) is 10.2. The van der Waals surface area contributed by atoms with Crippen molar-refractivity contribution in [2.24, 2.45) is 0 Å². The number of rotatable bonds is 2. The van der Waals surface area contributed by atoms with Crippen molar-refractivity contribution >= 4 is 27.7 Å². The van der Waals surface area contributed by atoms with Crippen LogP contribution in [0.1, 0.15) is 13.3 Å². The average Bonchev–Trinajstić information content (AvgIpc) is 2.45. The zero-order chi connectivity index (χ0) is 10.9. The normalized spacial score (nSPS) is 23.9. The number of hydrogen-bond acceptors (Lipinski definition) is 2. The van der Waals surface area contributed by atoms with E-state index in [1.165, 1.54) is 4.90 Å². The third-order valence-corrected chi connectivity index (χ3v) is 3.29. The Kier molecular flexibility index (Phi) is 3.53. The molecule has 0 aromatic carbocycles. The van der Waals surface area contributed by atoms with Gasteiger partial charge in [0.2, 0.25) is 11.8 Å². The molecule has 0 aliphatic carbocycles. The van der Waals surface area contributed by atoms with Crippen molar-refractivity contribution in [1.29, 1.82) is 0 Å². The van der Waals surface area contributed by atoms with Crippen LogP contribution in [-0.4, -0.2) is 53.1 Å². The van der Waals surface area contributed by atoms with Gasteiger partial charge >= 0.3 is 0 Å². The molecule has 0 N–H and O–H groups in total. The van der Waals surface area contributed by atoms with E-state index in [4.69, 9.17) is 0 Å². The molecule has 0 aromatic heterocycles. The summed E-state index contributed by atoms with van der Waals surface area (Å²) < 4.78 is 0. The summed E-state index contributed by atoms with van der Waals surface area (Å²) in [5.74, 6) is -0.00681. The quantitative estimate of drug-likeness (QED) is 0.679. The fourth-order valence-corrected chi connectivity index (χ4v) is 2.03. The van der Waals surface area contributed by atoms with Gasteiger partial charge in [0.1, 0.15) is 6.04 Å². The Balaban J connectivity index is 2.66. The molecule has 1 aliphatic rings. The van der Waals surface area contributed by atoms with Gasteiger partial charge in [-0.15, -0.1) is 0 Å². The van der Waals surface area contributed by atoms with Crippen molar-refractivity contribution < 1.29 is 9.59 Å². The van der Waals surface area contributed by atoms with Crippen LogP contribution >= 0.6 is 15.9 Å². The van der Waals surface area contributed by atoms with Gasteiger partial charge in [0.05, 0.1) is 4.83 Å². The van der Waals surface area contributed by atoms with Crippen LogP contribution in [-0.2, 0) is 9.59 Å². The number of amides is 2. The van der Waals surface area contributed by atoms with Crippen molar-refractivity contribution in [3.8, 4) is 0 Å². The molecule has 0 bridgehead atoms. The predicted molar refractivity (Wildman–Crippen MR) is 57.2 cm³/mol. The van der Waals surface area contributed by atoms with E-state index >= 15 is 0 Å². The van der Waals surface area contributed by atoms with Crippen LogP contribution in [0, 0.1) is 0 Å². The monoisotopic (exact) mass is 262 g/mol. The summed E-state index contributed by atoms with van der Waals surface area (Å²) in [6.07, 6.45) is 0.782. The van der Waals surface area contributed by atoms with Crippen LogP contribution in [0.3, 0.4) is 0 Å². The van der Waals surface area contributed by atoms with Crippen LogP contribution in [0.4, 0.5) is 0 Å². The van der Waals surface area contributed by atoms with Gasteiger partial charge in [0.15, 0.2) is 0 Å². The first-order valence-corrected chi connectivity index (χ1v) is 5.52. The molecule has 4 nitrogen and oxygen atoms in total. The van der Waals surface area contributed by atoms with E-state index in [2.05, 4.69) is 15.9 Å². The lowest BCUT2D eigenvalue weighted by Crippen LogP contribution is -2.45. The molecule has 1 heterocycles. The second-order valence-electron chi connectivity index (χ2n) is 3.70. The first-order chi connectivity index (χ1) is 6.45. The number of hydrogen-bond donors (Lipinski definition) is 0. The lowest BCUT2D eigenvalue weighted by Gasteiger charge is -2.25. The van der Waals surface area contributed by atoms with Crippen LogP contribution in [0.5, 0.6) is 0 Å². The van der Waals surface area contributed by atoms with E-state index in [1.807, 2.05) is 0 Å². The summed E-state index contributed by atoms with van der Waals surface area (Å²) in [4.78, 5) is 26.2. The smallest absolute Gasteiger partial charge is 0.244 e. The molecule has 0 spiro atoms. The van der Waals surface area contributed by atoms with Crippen molar-refractivity contribution in [1.82, 2.24) is 9.80 Å². The highest BCUT2D eigenvalue weighted by Crippen LogP contribution is 2.20. The molecule has 0 aromatic rings. The third kappa shape index (κ3) is 2.08. The Hall–Kier alpha value is -0.580. The molecular weight excluding hydrogens is 248 g/mol. The van der Waals surface area contributed by atoms with E-state index in [1.54, 1.807) is 25.9 Å². The summed E-state index contributed by atoms with van der Waals surface area (Å²) >= 11 is 3.28. The predicted octanol–water partition coefficient (Wildman–Crippen LogP) is 0.459. The molecule has 2 unspecified atom stereocenters. The van der Waals surface area contributed by atoms with Gasteiger partial charge in [0.25, 0.3) is 0 Å². The van der Waals surface area contributed by atoms with Crippen LogP contribution < -0.4 is 0 Å². The highest BCUT2D eigenvalue weighted by atomic mass is 79.9. The van der Waals surface area contributed by atoms with Gasteiger partial charge in [-0.3, -0.25) is 9.59 Å². The standard InChI is InChI=1S/C9H15BrN2O2/c1-6(8(13)11(2)3)12-5-4-7(10)9(12)14/h6-7H,4-5H2,1-3H3. The van der Waals surface area contributed by atoms with E-state index in [9.17, 15) is 9.59 Å². The Bertz CT molecular complexity index is 255. The molecule has 1 saturated heterocycles. The number of alkyl halides is 1. The molecule has 2 amide bonds. The molecule has 80 valence electrons. The minimum absolute atomic E-state index is 0.0210. The molecule has 1 rings (SSSR count). The van der Waals surface area contributed by atoms with Gasteiger partial charge < -0.3 is 9.80 Å². The molecular formula is C9H15BrN2O2. The number of likely N-dealkylation sites (N-methyl/N-ethyl adjacent to an activating group) is 1. The summed E-state index contributed by atoms with van der Waals surface area (Å²) in [6.45, 7) is 2.43. The summed E-state index contributed by atoms with van der Waals surface area (Å²) in [7, 11) is 3.40. The minimum atomic E-state index is -0.347. The van der Waals surface area contributed by atoms with E-state index in [0.29, 0.717) is 6.54 Å². The maximum absolute atomic E-state index is 11.6. The second-order valence-corrected chi connectivity index (χ2v) is 4.80. The highest BCUT2D eigenvalue weighted by Gasteiger charge is 2.35. The van der Waals surface area contributed by atoms with Gasteiger partial charge in [-0.05, 0) is 13.3 Å². The summed E-state index contributed by atoms with van der Waals surface area (Å²) in [6, 6.07) is -0.347. The molecule has 14 heavy (non-hydrogen) atoms. The van der Waals surface area contributed by atoms with Gasteiger partial charge in [-0.25, -0.2) is 0 Å². The van der Waals surface area contributed by atoms with Crippen molar-refractivity contribution in [2.45, 2.75) is 24.2 Å². The van der Waals surface area contributed by atoms with Gasteiger partial charge in [-0.2, -0.15) is 0 Å². The first-order valence-electron chi connectivity index (χ1n) is 4.61. The third-order valence-electron chi connectivity index (χ3n) is 2.44. The van der Waals surface area contributed by atoms with Gasteiger partial charge in [0, 0.05) is 20.6 Å². The Morgan fingerprint density at radius 2 is 2.21 bits per heavy atom. The van der Waals surface area contributed by atoms with Gasteiger partial charge in [-0.1, -0.05) is 15.9 Å². The number of nitrogens with zero attached hydrogens (tertiary/aromatic N) is 2. The van der Waals surface area contributed by atoms with Crippen molar-refractivity contribution in [3.63, 3.8) is 0 Å². The summed E-state index contributed by atoms with van der Waals surface area (Å²) in [5, 5.41) is 0. The fourth-order valence-electron chi connectivity index (χ4n) is 1.56. The number of carbonyl (C=O) groups is 2. The van der Waals surface area contributed by atoms with Crippen LogP contribution in [0.25, 0.3) is 0 Å². The first kappa shape index (κ1) is 11.5. The lowest BCUT2D eigenvalue weighted by atomic mass is 10.2. The van der Waals surface area contributed by atoms with Crippen LogP contribution in [0.15, 0.2) is 0 Å². The number of carbonyl (C=O) groups excluding carboxylic acids is 2. The number of likely N-dealkylation sites (tertiary alicyclic amines) is 1. The topological polar surface area (TPSA) is 40.6 Å². The molecule has 2 atom stereocenters. The lowest BCUT2D eigenvalue weighted by molar-refractivity contribution is -0.140. The maximum Gasteiger partial charge on any atom is 0.244 e. The zero-order valence-electron chi connectivity index (χ0n) is 8.66. The second kappa shape index (κ2) is 4.29. The highest BCUT2D eigenvalue weighted by molar-refractivity contribution is 9.10. The number of halogens is 1. The average molecular weight is 263 g/mol. The largest absolute Gasteiger partial charge is 0.347 e.